The van der Waals surface area contributed by atoms with Gasteiger partial charge in [0, 0.05) is 18.6 Å². The minimum atomic E-state index is 0.466. The van der Waals surface area contributed by atoms with Gasteiger partial charge in [0.2, 0.25) is 0 Å². The van der Waals surface area contributed by atoms with Crippen molar-refractivity contribution in [3.63, 3.8) is 0 Å². The second-order valence-electron chi connectivity index (χ2n) is 5.96. The van der Waals surface area contributed by atoms with Gasteiger partial charge in [0.1, 0.15) is 0 Å². The Hall–Kier alpha value is -0.120. The standard InChI is InChI=1S/C14H29N3/c1-3-17-9-7-13(8-10-17)16(2)11-12-5-4-6-14(12)15/h12-14H,3-11,15H2,1-2H3. The number of hydrogen-bond acceptors (Lipinski definition) is 3. The van der Waals surface area contributed by atoms with Gasteiger partial charge < -0.3 is 15.5 Å². The van der Waals surface area contributed by atoms with E-state index in [4.69, 9.17) is 5.73 Å². The average molecular weight is 239 g/mol. The fourth-order valence-electron chi connectivity index (χ4n) is 3.49. The number of nitrogens with two attached hydrogens (primary N) is 1. The molecular weight excluding hydrogens is 210 g/mol. The first-order valence-electron chi connectivity index (χ1n) is 7.39. The maximum atomic E-state index is 6.17. The first-order valence-corrected chi connectivity index (χ1v) is 7.39. The highest BCUT2D eigenvalue weighted by Gasteiger charge is 2.28. The maximum Gasteiger partial charge on any atom is 0.0117 e. The number of hydrogen-bond donors (Lipinski definition) is 1. The predicted octanol–water partition coefficient (Wildman–Crippen LogP) is 1.53. The van der Waals surface area contributed by atoms with Crippen molar-refractivity contribution in [1.82, 2.24) is 9.80 Å². The van der Waals surface area contributed by atoms with Crippen LogP contribution >= 0.6 is 0 Å². The van der Waals surface area contributed by atoms with E-state index in [0.29, 0.717) is 6.04 Å². The van der Waals surface area contributed by atoms with Crippen LogP contribution in [0.25, 0.3) is 0 Å². The van der Waals surface area contributed by atoms with Crippen LogP contribution in [-0.2, 0) is 0 Å². The molecule has 0 aromatic heterocycles. The monoisotopic (exact) mass is 239 g/mol. The molecule has 2 aliphatic rings. The maximum absolute atomic E-state index is 6.17. The first kappa shape index (κ1) is 13.3. The van der Waals surface area contributed by atoms with Crippen LogP contribution in [0.1, 0.15) is 39.0 Å². The van der Waals surface area contributed by atoms with Crippen molar-refractivity contribution in [2.75, 3.05) is 33.2 Å². The molecular formula is C14H29N3. The van der Waals surface area contributed by atoms with Crippen LogP contribution < -0.4 is 5.73 Å². The van der Waals surface area contributed by atoms with Crippen LogP contribution in [0.4, 0.5) is 0 Å². The van der Waals surface area contributed by atoms with E-state index in [1.54, 1.807) is 0 Å². The summed E-state index contributed by atoms with van der Waals surface area (Å²) in [7, 11) is 2.30. The molecule has 1 aliphatic carbocycles. The van der Waals surface area contributed by atoms with Gasteiger partial charge in [-0.05, 0) is 58.3 Å². The summed E-state index contributed by atoms with van der Waals surface area (Å²) in [6.45, 7) is 7.26. The van der Waals surface area contributed by atoms with Crippen LogP contribution in [-0.4, -0.2) is 55.1 Å². The Morgan fingerprint density at radius 2 is 1.88 bits per heavy atom. The summed E-state index contributed by atoms with van der Waals surface area (Å²) in [6.07, 6.45) is 6.61. The quantitative estimate of drug-likeness (QED) is 0.807. The van der Waals surface area contributed by atoms with Gasteiger partial charge in [-0.25, -0.2) is 0 Å². The predicted molar refractivity (Wildman–Crippen MR) is 73.1 cm³/mol. The largest absolute Gasteiger partial charge is 0.327 e. The molecule has 0 aromatic carbocycles. The molecule has 2 rings (SSSR count). The molecule has 17 heavy (non-hydrogen) atoms. The molecule has 1 saturated carbocycles. The van der Waals surface area contributed by atoms with Crippen LogP contribution in [0.15, 0.2) is 0 Å². The van der Waals surface area contributed by atoms with E-state index in [1.165, 1.54) is 58.3 Å². The molecule has 3 nitrogen and oxygen atoms in total. The molecule has 0 bridgehead atoms. The topological polar surface area (TPSA) is 32.5 Å². The third kappa shape index (κ3) is 3.43. The average Bonchev–Trinajstić information content (AvgIpc) is 2.75. The highest BCUT2D eigenvalue weighted by molar-refractivity contribution is 4.85. The minimum absolute atomic E-state index is 0.466. The van der Waals surface area contributed by atoms with E-state index in [1.807, 2.05) is 0 Å². The summed E-state index contributed by atoms with van der Waals surface area (Å²) in [5.41, 5.74) is 6.17. The zero-order chi connectivity index (χ0) is 12.3. The van der Waals surface area contributed by atoms with Gasteiger partial charge in [0.25, 0.3) is 0 Å². The van der Waals surface area contributed by atoms with E-state index < -0.39 is 0 Å². The van der Waals surface area contributed by atoms with Crippen molar-refractivity contribution in [1.29, 1.82) is 0 Å². The van der Waals surface area contributed by atoms with E-state index in [9.17, 15) is 0 Å². The lowest BCUT2D eigenvalue weighted by Crippen LogP contribution is -2.46. The summed E-state index contributed by atoms with van der Waals surface area (Å²) >= 11 is 0. The first-order chi connectivity index (χ1) is 8.20. The van der Waals surface area contributed by atoms with Gasteiger partial charge >= 0.3 is 0 Å². The molecule has 1 saturated heterocycles. The molecule has 1 aliphatic heterocycles. The van der Waals surface area contributed by atoms with Crippen molar-refractivity contribution >= 4 is 0 Å². The Morgan fingerprint density at radius 3 is 2.41 bits per heavy atom. The van der Waals surface area contributed by atoms with Crippen molar-refractivity contribution in [3.05, 3.63) is 0 Å². The fraction of sp³-hybridized carbons (Fsp3) is 1.00. The van der Waals surface area contributed by atoms with Gasteiger partial charge in [-0.1, -0.05) is 13.3 Å². The lowest BCUT2D eigenvalue weighted by atomic mass is 9.99. The fourth-order valence-corrected chi connectivity index (χ4v) is 3.49. The van der Waals surface area contributed by atoms with Crippen LogP contribution in [0, 0.1) is 5.92 Å². The summed E-state index contributed by atoms with van der Waals surface area (Å²) in [5.74, 6) is 0.754. The number of nitrogens with zero attached hydrogens (tertiary/aromatic N) is 2. The molecule has 2 unspecified atom stereocenters. The Kier molecular flexibility index (Phi) is 4.83. The molecule has 0 spiro atoms. The molecule has 3 heteroatoms. The van der Waals surface area contributed by atoms with E-state index in [2.05, 4.69) is 23.8 Å². The molecule has 2 N–H and O–H groups in total. The smallest absolute Gasteiger partial charge is 0.0117 e. The Labute approximate surface area is 106 Å². The third-order valence-corrected chi connectivity index (χ3v) is 4.87. The molecule has 0 radical (unpaired) electrons. The number of piperidine rings is 1. The van der Waals surface area contributed by atoms with E-state index in [-0.39, 0.29) is 0 Å². The molecule has 0 aromatic rings. The molecule has 2 fully saturated rings. The second kappa shape index (κ2) is 6.17. The van der Waals surface area contributed by atoms with Gasteiger partial charge in [0.05, 0.1) is 0 Å². The lowest BCUT2D eigenvalue weighted by Gasteiger charge is -2.37. The summed E-state index contributed by atoms with van der Waals surface area (Å²) in [4.78, 5) is 5.15. The Morgan fingerprint density at radius 1 is 1.18 bits per heavy atom. The zero-order valence-corrected chi connectivity index (χ0v) is 11.6. The summed E-state index contributed by atoms with van der Waals surface area (Å²) in [5, 5.41) is 0. The van der Waals surface area contributed by atoms with Crippen molar-refractivity contribution < 1.29 is 0 Å². The molecule has 2 atom stereocenters. The SMILES string of the molecule is CCN1CCC(N(C)CC2CCCC2N)CC1. The zero-order valence-electron chi connectivity index (χ0n) is 11.6. The highest BCUT2D eigenvalue weighted by Crippen LogP contribution is 2.26. The minimum Gasteiger partial charge on any atom is -0.327 e. The van der Waals surface area contributed by atoms with Crippen LogP contribution in [0.3, 0.4) is 0 Å². The van der Waals surface area contributed by atoms with Gasteiger partial charge in [-0.3, -0.25) is 0 Å². The summed E-state index contributed by atoms with van der Waals surface area (Å²) in [6, 6.07) is 1.26. The van der Waals surface area contributed by atoms with Crippen molar-refractivity contribution in [2.45, 2.75) is 51.1 Å². The molecule has 0 amide bonds. The Bertz CT molecular complexity index is 224. The molecule has 1 heterocycles. The third-order valence-electron chi connectivity index (χ3n) is 4.87. The van der Waals surface area contributed by atoms with E-state index in [0.717, 1.165) is 12.0 Å². The normalized spacial score (nSPS) is 32.5. The van der Waals surface area contributed by atoms with Gasteiger partial charge in [0.15, 0.2) is 0 Å². The Balaban J connectivity index is 1.74. The van der Waals surface area contributed by atoms with E-state index >= 15 is 0 Å². The van der Waals surface area contributed by atoms with Crippen molar-refractivity contribution in [3.8, 4) is 0 Å². The second-order valence-corrected chi connectivity index (χ2v) is 5.96. The lowest BCUT2D eigenvalue weighted by molar-refractivity contribution is 0.117. The van der Waals surface area contributed by atoms with Gasteiger partial charge in [-0.2, -0.15) is 0 Å². The molecule has 100 valence electrons. The number of rotatable bonds is 4. The van der Waals surface area contributed by atoms with Gasteiger partial charge in [-0.15, -0.1) is 0 Å². The highest BCUT2D eigenvalue weighted by atomic mass is 15.2. The summed E-state index contributed by atoms with van der Waals surface area (Å²) < 4.78 is 0. The van der Waals surface area contributed by atoms with Crippen molar-refractivity contribution in [2.24, 2.45) is 11.7 Å². The van der Waals surface area contributed by atoms with Crippen LogP contribution in [0.2, 0.25) is 0 Å². The number of likely N-dealkylation sites (tertiary alicyclic amines) is 1. The van der Waals surface area contributed by atoms with Crippen LogP contribution in [0.5, 0.6) is 0 Å².